The number of fused-ring (bicyclic) bond motifs is 1. The van der Waals surface area contributed by atoms with E-state index in [4.69, 9.17) is 9.47 Å². The van der Waals surface area contributed by atoms with Crippen LogP contribution in [-0.2, 0) is 9.59 Å². The summed E-state index contributed by atoms with van der Waals surface area (Å²) in [6, 6.07) is 11.7. The summed E-state index contributed by atoms with van der Waals surface area (Å²) in [6.45, 7) is 2.10. The molecule has 2 aliphatic heterocycles. The zero-order chi connectivity index (χ0) is 19.5. The minimum absolute atomic E-state index is 0.157. The number of hydrogen-bond acceptors (Lipinski definition) is 5. The summed E-state index contributed by atoms with van der Waals surface area (Å²) in [5.74, 6) is 0.285. The maximum atomic E-state index is 13.9. The Morgan fingerprint density at radius 1 is 1.00 bits per heavy atom. The lowest BCUT2D eigenvalue weighted by molar-refractivity contribution is -0.134. The molecule has 1 saturated heterocycles. The van der Waals surface area contributed by atoms with Crippen LogP contribution in [0.1, 0.15) is 6.42 Å². The molecule has 2 heterocycles. The number of anilines is 2. The molecule has 0 bridgehead atoms. The van der Waals surface area contributed by atoms with Crippen LogP contribution >= 0.6 is 0 Å². The molecule has 1 N–H and O–H groups in total. The minimum Gasteiger partial charge on any atom is -0.454 e. The van der Waals surface area contributed by atoms with E-state index in [1.807, 2.05) is 4.90 Å². The van der Waals surface area contributed by atoms with Gasteiger partial charge in [0.05, 0.1) is 5.69 Å². The SMILES string of the molecule is O=C(CC(=O)N1CCN(c2ccccc2F)CC1)Nc1ccc2c(c1)OCO2. The number of piperazine rings is 1. The van der Waals surface area contributed by atoms with Crippen molar-refractivity contribution in [1.82, 2.24) is 4.90 Å². The largest absolute Gasteiger partial charge is 0.454 e. The van der Waals surface area contributed by atoms with Crippen LogP contribution in [0, 0.1) is 5.82 Å². The van der Waals surface area contributed by atoms with Gasteiger partial charge in [0.15, 0.2) is 11.5 Å². The number of rotatable bonds is 4. The van der Waals surface area contributed by atoms with Gasteiger partial charge < -0.3 is 24.6 Å². The molecule has 2 aliphatic rings. The van der Waals surface area contributed by atoms with Crippen molar-refractivity contribution in [1.29, 1.82) is 0 Å². The Labute approximate surface area is 161 Å². The smallest absolute Gasteiger partial charge is 0.233 e. The Hall–Kier alpha value is -3.29. The third-order valence-electron chi connectivity index (χ3n) is 4.79. The van der Waals surface area contributed by atoms with Gasteiger partial charge in [0.1, 0.15) is 12.2 Å². The van der Waals surface area contributed by atoms with E-state index in [0.717, 1.165) is 0 Å². The molecule has 1 fully saturated rings. The molecule has 2 aromatic carbocycles. The van der Waals surface area contributed by atoms with Crippen LogP contribution in [0.15, 0.2) is 42.5 Å². The van der Waals surface area contributed by atoms with Crippen molar-refractivity contribution in [2.45, 2.75) is 6.42 Å². The van der Waals surface area contributed by atoms with Gasteiger partial charge in [-0.25, -0.2) is 4.39 Å². The molecule has 7 nitrogen and oxygen atoms in total. The predicted molar refractivity (Wildman–Crippen MR) is 101 cm³/mol. The van der Waals surface area contributed by atoms with Gasteiger partial charge in [-0.3, -0.25) is 9.59 Å². The van der Waals surface area contributed by atoms with Gasteiger partial charge in [-0.05, 0) is 24.3 Å². The maximum Gasteiger partial charge on any atom is 0.233 e. The summed E-state index contributed by atoms with van der Waals surface area (Å²) < 4.78 is 24.4. The number of ether oxygens (including phenoxy) is 2. The van der Waals surface area contributed by atoms with Gasteiger partial charge in [0.2, 0.25) is 18.6 Å². The Morgan fingerprint density at radius 3 is 2.54 bits per heavy atom. The number of carbonyl (C=O) groups is 2. The van der Waals surface area contributed by atoms with Crippen LogP contribution in [0.3, 0.4) is 0 Å². The number of halogens is 1. The Morgan fingerprint density at radius 2 is 1.75 bits per heavy atom. The highest BCUT2D eigenvalue weighted by Crippen LogP contribution is 2.34. The Bertz CT molecular complexity index is 897. The van der Waals surface area contributed by atoms with Crippen LogP contribution in [0.4, 0.5) is 15.8 Å². The van der Waals surface area contributed by atoms with E-state index >= 15 is 0 Å². The van der Waals surface area contributed by atoms with Crippen molar-refractivity contribution in [2.75, 3.05) is 43.2 Å². The zero-order valence-electron chi connectivity index (χ0n) is 15.2. The second kappa shape index (κ2) is 7.75. The first-order valence-corrected chi connectivity index (χ1v) is 9.07. The number of para-hydroxylation sites is 1. The first kappa shape index (κ1) is 18.1. The van der Waals surface area contributed by atoms with Crippen LogP contribution in [0.2, 0.25) is 0 Å². The first-order chi connectivity index (χ1) is 13.6. The molecule has 2 aromatic rings. The van der Waals surface area contributed by atoms with Crippen molar-refractivity contribution < 1.29 is 23.5 Å². The number of amides is 2. The molecule has 0 aromatic heterocycles. The lowest BCUT2D eigenvalue weighted by Crippen LogP contribution is -2.49. The van der Waals surface area contributed by atoms with E-state index in [0.29, 0.717) is 49.1 Å². The predicted octanol–water partition coefficient (Wildman–Crippen LogP) is 2.23. The van der Waals surface area contributed by atoms with Gasteiger partial charge >= 0.3 is 0 Å². The van der Waals surface area contributed by atoms with Crippen molar-refractivity contribution in [2.24, 2.45) is 0 Å². The topological polar surface area (TPSA) is 71.1 Å². The summed E-state index contributed by atoms with van der Waals surface area (Å²) >= 11 is 0. The molecule has 146 valence electrons. The number of nitrogens with zero attached hydrogens (tertiary/aromatic N) is 2. The summed E-state index contributed by atoms with van der Waals surface area (Å²) in [4.78, 5) is 28.2. The fraction of sp³-hybridized carbons (Fsp3) is 0.300. The molecule has 0 atom stereocenters. The molecular formula is C20H20FN3O4. The number of benzene rings is 2. The highest BCUT2D eigenvalue weighted by Gasteiger charge is 2.24. The quantitative estimate of drug-likeness (QED) is 0.818. The number of nitrogens with one attached hydrogen (secondary N) is 1. The fourth-order valence-electron chi connectivity index (χ4n) is 3.33. The van der Waals surface area contributed by atoms with E-state index in [-0.39, 0.29) is 30.8 Å². The molecule has 28 heavy (non-hydrogen) atoms. The van der Waals surface area contributed by atoms with Crippen LogP contribution in [-0.4, -0.2) is 49.7 Å². The second-order valence-corrected chi connectivity index (χ2v) is 6.61. The Balaban J connectivity index is 1.28. The molecule has 0 saturated carbocycles. The van der Waals surface area contributed by atoms with Gasteiger partial charge in [0, 0.05) is 37.9 Å². The van der Waals surface area contributed by atoms with E-state index in [2.05, 4.69) is 5.32 Å². The lowest BCUT2D eigenvalue weighted by atomic mass is 10.2. The third-order valence-corrected chi connectivity index (χ3v) is 4.79. The van der Waals surface area contributed by atoms with E-state index < -0.39 is 0 Å². The van der Waals surface area contributed by atoms with Crippen LogP contribution < -0.4 is 19.7 Å². The number of carbonyl (C=O) groups excluding carboxylic acids is 2. The normalized spacial score (nSPS) is 15.5. The summed E-state index contributed by atoms with van der Waals surface area (Å²) in [6.07, 6.45) is -0.242. The molecule has 2 amide bonds. The third kappa shape index (κ3) is 3.85. The van der Waals surface area contributed by atoms with Crippen molar-refractivity contribution >= 4 is 23.2 Å². The molecule has 0 unspecified atom stereocenters. The highest BCUT2D eigenvalue weighted by atomic mass is 19.1. The lowest BCUT2D eigenvalue weighted by Gasteiger charge is -2.36. The zero-order valence-corrected chi connectivity index (χ0v) is 15.2. The van der Waals surface area contributed by atoms with Gasteiger partial charge in [-0.15, -0.1) is 0 Å². The molecule has 8 heteroatoms. The average molecular weight is 385 g/mol. The fourth-order valence-corrected chi connectivity index (χ4v) is 3.33. The Kier molecular flexibility index (Phi) is 5.01. The van der Waals surface area contributed by atoms with Gasteiger partial charge in [-0.1, -0.05) is 12.1 Å². The van der Waals surface area contributed by atoms with Gasteiger partial charge in [-0.2, -0.15) is 0 Å². The maximum absolute atomic E-state index is 13.9. The molecule has 4 rings (SSSR count). The van der Waals surface area contributed by atoms with Crippen molar-refractivity contribution in [3.8, 4) is 11.5 Å². The molecule has 0 spiro atoms. The second-order valence-electron chi connectivity index (χ2n) is 6.61. The van der Waals surface area contributed by atoms with Crippen LogP contribution in [0.5, 0.6) is 11.5 Å². The summed E-state index contributed by atoms with van der Waals surface area (Å²) in [7, 11) is 0. The van der Waals surface area contributed by atoms with E-state index in [1.54, 1.807) is 41.3 Å². The highest BCUT2D eigenvalue weighted by molar-refractivity contribution is 6.03. The molecule has 0 radical (unpaired) electrons. The van der Waals surface area contributed by atoms with Crippen molar-refractivity contribution in [3.63, 3.8) is 0 Å². The minimum atomic E-state index is -0.389. The van der Waals surface area contributed by atoms with Crippen molar-refractivity contribution in [3.05, 3.63) is 48.3 Å². The molecular weight excluding hydrogens is 365 g/mol. The monoisotopic (exact) mass is 385 g/mol. The van der Waals surface area contributed by atoms with E-state index in [9.17, 15) is 14.0 Å². The average Bonchev–Trinajstić information content (AvgIpc) is 3.16. The standard InChI is InChI=1S/C20H20FN3O4/c21-15-3-1-2-4-16(15)23-7-9-24(10-8-23)20(26)12-19(25)22-14-5-6-17-18(11-14)28-13-27-17/h1-6,11H,7-10,12-13H2,(H,22,25). The summed E-state index contributed by atoms with van der Waals surface area (Å²) in [5.41, 5.74) is 1.08. The first-order valence-electron chi connectivity index (χ1n) is 9.07. The summed E-state index contributed by atoms with van der Waals surface area (Å²) in [5, 5.41) is 2.70. The van der Waals surface area contributed by atoms with E-state index in [1.165, 1.54) is 6.07 Å². The molecule has 0 aliphatic carbocycles. The van der Waals surface area contributed by atoms with Gasteiger partial charge in [0.25, 0.3) is 0 Å². The van der Waals surface area contributed by atoms with Crippen LogP contribution in [0.25, 0.3) is 0 Å². The number of hydrogen-bond donors (Lipinski definition) is 1.